The molecule has 2 saturated heterocycles. The van der Waals surface area contributed by atoms with Gasteiger partial charge in [0.25, 0.3) is 0 Å². The maximum atomic E-state index is 5.47. The SMILES string of the molecule is C1CC(C2CCOC2)N2CCNC2=N1. The van der Waals surface area contributed by atoms with Gasteiger partial charge in [-0.2, -0.15) is 0 Å². The summed E-state index contributed by atoms with van der Waals surface area (Å²) in [5.41, 5.74) is 0. The van der Waals surface area contributed by atoms with Gasteiger partial charge in [-0.15, -0.1) is 0 Å². The van der Waals surface area contributed by atoms with E-state index in [-0.39, 0.29) is 0 Å². The highest BCUT2D eigenvalue weighted by Crippen LogP contribution is 2.26. The van der Waals surface area contributed by atoms with Gasteiger partial charge < -0.3 is 15.0 Å². The number of hydrogen-bond donors (Lipinski definition) is 1. The monoisotopic (exact) mass is 195 g/mol. The molecule has 2 unspecified atom stereocenters. The lowest BCUT2D eigenvalue weighted by molar-refractivity contribution is 0.154. The summed E-state index contributed by atoms with van der Waals surface area (Å²) in [7, 11) is 0. The van der Waals surface area contributed by atoms with E-state index in [0.717, 1.165) is 44.7 Å². The fourth-order valence-electron chi connectivity index (χ4n) is 2.77. The van der Waals surface area contributed by atoms with Crippen molar-refractivity contribution in [2.45, 2.75) is 18.9 Å². The summed E-state index contributed by atoms with van der Waals surface area (Å²) in [6.07, 6.45) is 2.44. The topological polar surface area (TPSA) is 36.9 Å². The maximum Gasteiger partial charge on any atom is 0.194 e. The van der Waals surface area contributed by atoms with E-state index in [9.17, 15) is 0 Å². The lowest BCUT2D eigenvalue weighted by atomic mass is 9.94. The number of ether oxygens (including phenoxy) is 1. The largest absolute Gasteiger partial charge is 0.381 e. The molecule has 0 amide bonds. The van der Waals surface area contributed by atoms with Gasteiger partial charge in [-0.25, -0.2) is 0 Å². The van der Waals surface area contributed by atoms with Crippen LogP contribution in [0, 0.1) is 5.92 Å². The van der Waals surface area contributed by atoms with Crippen molar-refractivity contribution in [3.63, 3.8) is 0 Å². The van der Waals surface area contributed by atoms with Crippen LogP contribution in [0.2, 0.25) is 0 Å². The van der Waals surface area contributed by atoms with E-state index in [1.165, 1.54) is 12.8 Å². The van der Waals surface area contributed by atoms with Crippen molar-refractivity contribution < 1.29 is 4.74 Å². The molecule has 14 heavy (non-hydrogen) atoms. The Labute approximate surface area is 84.3 Å². The molecule has 3 aliphatic rings. The summed E-state index contributed by atoms with van der Waals surface area (Å²) in [5, 5.41) is 3.35. The van der Waals surface area contributed by atoms with E-state index >= 15 is 0 Å². The molecule has 0 spiro atoms. The lowest BCUT2D eigenvalue weighted by Crippen LogP contribution is -2.46. The van der Waals surface area contributed by atoms with Crippen molar-refractivity contribution in [3.05, 3.63) is 0 Å². The molecule has 0 radical (unpaired) electrons. The fourth-order valence-corrected chi connectivity index (χ4v) is 2.77. The molecule has 1 N–H and O–H groups in total. The molecule has 2 fully saturated rings. The molecule has 0 aromatic heterocycles. The van der Waals surface area contributed by atoms with E-state index in [1.54, 1.807) is 0 Å². The number of guanidine groups is 1. The Bertz CT molecular complexity index is 248. The minimum atomic E-state index is 0.681. The first-order valence-electron chi connectivity index (χ1n) is 5.58. The van der Waals surface area contributed by atoms with Crippen molar-refractivity contribution in [3.8, 4) is 0 Å². The molecular weight excluding hydrogens is 178 g/mol. The van der Waals surface area contributed by atoms with Crippen LogP contribution in [-0.2, 0) is 4.74 Å². The second-order valence-corrected chi connectivity index (χ2v) is 4.31. The molecule has 3 heterocycles. The summed E-state index contributed by atoms with van der Waals surface area (Å²) in [6, 6.07) is 0.681. The number of nitrogens with one attached hydrogen (secondary N) is 1. The Hall–Kier alpha value is -0.770. The predicted octanol–water partition coefficient (Wildman–Crippen LogP) is 0.0564. The zero-order valence-electron chi connectivity index (χ0n) is 8.41. The Kier molecular flexibility index (Phi) is 2.09. The van der Waals surface area contributed by atoms with Crippen LogP contribution in [0.15, 0.2) is 4.99 Å². The zero-order chi connectivity index (χ0) is 9.38. The number of aliphatic imine (C=N–C) groups is 1. The average Bonchev–Trinajstić information content (AvgIpc) is 2.88. The Morgan fingerprint density at radius 1 is 1.43 bits per heavy atom. The van der Waals surface area contributed by atoms with Crippen molar-refractivity contribution in [1.82, 2.24) is 10.2 Å². The summed E-state index contributed by atoms with van der Waals surface area (Å²) in [5.74, 6) is 1.87. The first-order valence-corrected chi connectivity index (χ1v) is 5.58. The van der Waals surface area contributed by atoms with Gasteiger partial charge in [-0.3, -0.25) is 4.99 Å². The van der Waals surface area contributed by atoms with Crippen LogP contribution >= 0.6 is 0 Å². The summed E-state index contributed by atoms with van der Waals surface area (Å²) < 4.78 is 5.47. The van der Waals surface area contributed by atoms with E-state index in [4.69, 9.17) is 4.74 Å². The molecule has 0 bridgehead atoms. The van der Waals surface area contributed by atoms with E-state index in [0.29, 0.717) is 6.04 Å². The Morgan fingerprint density at radius 2 is 2.43 bits per heavy atom. The lowest BCUT2D eigenvalue weighted by Gasteiger charge is -2.35. The van der Waals surface area contributed by atoms with Gasteiger partial charge in [0.1, 0.15) is 0 Å². The summed E-state index contributed by atoms with van der Waals surface area (Å²) >= 11 is 0. The zero-order valence-corrected chi connectivity index (χ0v) is 8.41. The normalized spacial score (nSPS) is 36.6. The Morgan fingerprint density at radius 3 is 3.29 bits per heavy atom. The molecular formula is C10H17N3O. The molecule has 3 aliphatic heterocycles. The van der Waals surface area contributed by atoms with Gasteiger partial charge in [0.15, 0.2) is 5.96 Å². The minimum absolute atomic E-state index is 0.681. The third-order valence-electron chi connectivity index (χ3n) is 3.50. The van der Waals surface area contributed by atoms with E-state index in [2.05, 4.69) is 15.2 Å². The van der Waals surface area contributed by atoms with Gasteiger partial charge in [-0.1, -0.05) is 0 Å². The molecule has 0 aromatic carbocycles. The molecule has 2 atom stereocenters. The highest BCUT2D eigenvalue weighted by molar-refractivity contribution is 5.82. The van der Waals surface area contributed by atoms with Crippen LogP contribution in [0.1, 0.15) is 12.8 Å². The number of hydrogen-bond acceptors (Lipinski definition) is 4. The van der Waals surface area contributed by atoms with Gasteiger partial charge in [0.2, 0.25) is 0 Å². The third kappa shape index (κ3) is 1.29. The van der Waals surface area contributed by atoms with Crippen LogP contribution in [0.5, 0.6) is 0 Å². The third-order valence-corrected chi connectivity index (χ3v) is 3.50. The van der Waals surface area contributed by atoms with Crippen LogP contribution in [0.3, 0.4) is 0 Å². The van der Waals surface area contributed by atoms with Crippen LogP contribution in [0.25, 0.3) is 0 Å². The number of rotatable bonds is 1. The number of nitrogens with zero attached hydrogens (tertiary/aromatic N) is 2. The molecule has 4 heteroatoms. The first-order chi connectivity index (χ1) is 6.95. The average molecular weight is 195 g/mol. The quantitative estimate of drug-likeness (QED) is 0.642. The van der Waals surface area contributed by atoms with Crippen molar-refractivity contribution in [1.29, 1.82) is 0 Å². The first kappa shape index (κ1) is 8.53. The highest BCUT2D eigenvalue weighted by Gasteiger charge is 2.35. The maximum absolute atomic E-state index is 5.47. The second kappa shape index (κ2) is 3.42. The van der Waals surface area contributed by atoms with Crippen LogP contribution in [-0.4, -0.2) is 49.7 Å². The summed E-state index contributed by atoms with van der Waals surface area (Å²) in [6.45, 7) is 5.08. The van der Waals surface area contributed by atoms with E-state index in [1.807, 2.05) is 0 Å². The van der Waals surface area contributed by atoms with E-state index < -0.39 is 0 Å². The van der Waals surface area contributed by atoms with Crippen molar-refractivity contribution >= 4 is 5.96 Å². The summed E-state index contributed by atoms with van der Waals surface area (Å²) in [4.78, 5) is 6.95. The molecule has 0 aliphatic carbocycles. The van der Waals surface area contributed by atoms with Crippen molar-refractivity contribution in [2.75, 3.05) is 32.8 Å². The van der Waals surface area contributed by atoms with Gasteiger partial charge >= 0.3 is 0 Å². The second-order valence-electron chi connectivity index (χ2n) is 4.31. The molecule has 0 saturated carbocycles. The highest BCUT2D eigenvalue weighted by atomic mass is 16.5. The van der Waals surface area contributed by atoms with Gasteiger partial charge in [-0.05, 0) is 12.8 Å². The van der Waals surface area contributed by atoms with Crippen LogP contribution < -0.4 is 5.32 Å². The number of fused-ring (bicyclic) bond motifs is 1. The van der Waals surface area contributed by atoms with Gasteiger partial charge in [0.05, 0.1) is 6.61 Å². The standard InChI is InChI=1S/C10H17N3O/c1-3-11-10-12-4-5-13(10)9(1)8-2-6-14-7-8/h8-9H,1-7H2,(H,11,12). The predicted molar refractivity (Wildman–Crippen MR) is 54.3 cm³/mol. The molecule has 0 aromatic rings. The molecule has 78 valence electrons. The minimum Gasteiger partial charge on any atom is -0.381 e. The van der Waals surface area contributed by atoms with Gasteiger partial charge in [0, 0.05) is 38.2 Å². The fraction of sp³-hybridized carbons (Fsp3) is 0.900. The Balaban J connectivity index is 1.76. The van der Waals surface area contributed by atoms with Crippen LogP contribution in [0.4, 0.5) is 0 Å². The van der Waals surface area contributed by atoms with Crippen molar-refractivity contribution in [2.24, 2.45) is 10.9 Å². The molecule has 4 nitrogen and oxygen atoms in total. The molecule has 3 rings (SSSR count). The smallest absolute Gasteiger partial charge is 0.194 e.